The fourth-order valence-corrected chi connectivity index (χ4v) is 2.63. The van der Waals surface area contributed by atoms with Crippen LogP contribution in [0.5, 0.6) is 0 Å². The average Bonchev–Trinajstić information content (AvgIpc) is 2.80. The zero-order valence-corrected chi connectivity index (χ0v) is 13.5. The van der Waals surface area contributed by atoms with Gasteiger partial charge in [0.1, 0.15) is 16.9 Å². The molecule has 0 saturated carbocycles. The van der Waals surface area contributed by atoms with Crippen LogP contribution >= 0.6 is 0 Å². The van der Waals surface area contributed by atoms with Crippen LogP contribution in [0.15, 0.2) is 24.3 Å². The Hall–Kier alpha value is -2.63. The first-order valence-electron chi connectivity index (χ1n) is 7.65. The number of hydrogen-bond acceptors (Lipinski definition) is 5. The second kappa shape index (κ2) is 5.87. The molecule has 0 radical (unpaired) electrons. The van der Waals surface area contributed by atoms with Crippen molar-refractivity contribution in [2.75, 3.05) is 12.8 Å². The number of rotatable bonds is 4. The number of nitrogens with zero attached hydrogens (tertiary/aromatic N) is 3. The van der Waals surface area contributed by atoms with Crippen molar-refractivity contribution in [3.8, 4) is 0 Å². The van der Waals surface area contributed by atoms with Crippen LogP contribution in [0.3, 0.4) is 0 Å². The summed E-state index contributed by atoms with van der Waals surface area (Å²) in [4.78, 5) is 21.4. The van der Waals surface area contributed by atoms with E-state index in [4.69, 9.17) is 10.5 Å². The van der Waals surface area contributed by atoms with Crippen LogP contribution in [-0.2, 0) is 11.3 Å². The van der Waals surface area contributed by atoms with Crippen molar-refractivity contribution in [3.63, 3.8) is 0 Å². The van der Waals surface area contributed by atoms with Crippen LogP contribution in [0.4, 0.5) is 5.82 Å². The molecule has 0 fully saturated rings. The summed E-state index contributed by atoms with van der Waals surface area (Å²) in [5.41, 5.74) is 9.15. The van der Waals surface area contributed by atoms with Crippen molar-refractivity contribution in [1.82, 2.24) is 14.5 Å². The lowest BCUT2D eigenvalue weighted by Gasteiger charge is -2.09. The normalized spacial score (nSPS) is 11.5. The average molecular weight is 312 g/mol. The van der Waals surface area contributed by atoms with E-state index in [0.717, 1.165) is 17.5 Å². The standard InChI is InChI=1S/C17H20N4O2/c1-10(2)8-9-21-15(18)13(17(22)23-3)14-16(21)20-12-7-5-4-6-11(12)19-14/h4-7,10H,8-9,18H2,1-3H3. The van der Waals surface area contributed by atoms with E-state index in [-0.39, 0.29) is 0 Å². The number of esters is 1. The van der Waals surface area contributed by atoms with E-state index in [0.29, 0.717) is 35.0 Å². The summed E-state index contributed by atoms with van der Waals surface area (Å²) in [6.07, 6.45) is 0.934. The first-order chi connectivity index (χ1) is 11.0. The van der Waals surface area contributed by atoms with Crippen molar-refractivity contribution in [2.45, 2.75) is 26.8 Å². The van der Waals surface area contributed by atoms with E-state index in [1.807, 2.05) is 28.8 Å². The van der Waals surface area contributed by atoms with Gasteiger partial charge in [-0.3, -0.25) is 0 Å². The molecule has 0 saturated heterocycles. The van der Waals surface area contributed by atoms with Gasteiger partial charge in [0.05, 0.1) is 18.1 Å². The molecule has 2 N–H and O–H groups in total. The van der Waals surface area contributed by atoms with Crippen molar-refractivity contribution < 1.29 is 9.53 Å². The molecule has 2 aromatic heterocycles. The highest BCUT2D eigenvalue weighted by Gasteiger charge is 2.24. The smallest absolute Gasteiger partial charge is 0.343 e. The molecule has 0 bridgehead atoms. The molecule has 2 heterocycles. The highest BCUT2D eigenvalue weighted by atomic mass is 16.5. The molecule has 0 spiro atoms. The van der Waals surface area contributed by atoms with Crippen LogP contribution in [0.1, 0.15) is 30.6 Å². The Morgan fingerprint density at radius 3 is 2.52 bits per heavy atom. The van der Waals surface area contributed by atoms with Gasteiger partial charge in [0.25, 0.3) is 0 Å². The molecule has 0 aliphatic carbocycles. The van der Waals surface area contributed by atoms with E-state index < -0.39 is 5.97 Å². The van der Waals surface area contributed by atoms with Crippen molar-refractivity contribution in [2.24, 2.45) is 5.92 Å². The number of aryl methyl sites for hydroxylation is 1. The molecule has 3 aromatic rings. The minimum Gasteiger partial charge on any atom is -0.465 e. The van der Waals surface area contributed by atoms with E-state index in [1.54, 1.807) is 0 Å². The molecule has 0 atom stereocenters. The summed E-state index contributed by atoms with van der Waals surface area (Å²) >= 11 is 0. The van der Waals surface area contributed by atoms with E-state index in [2.05, 4.69) is 23.8 Å². The number of anilines is 1. The highest BCUT2D eigenvalue weighted by Crippen LogP contribution is 2.29. The monoisotopic (exact) mass is 312 g/mol. The van der Waals surface area contributed by atoms with Crippen LogP contribution in [0.2, 0.25) is 0 Å². The van der Waals surface area contributed by atoms with Gasteiger partial charge >= 0.3 is 5.97 Å². The Labute approximate surface area is 134 Å². The Morgan fingerprint density at radius 2 is 1.91 bits per heavy atom. The quantitative estimate of drug-likeness (QED) is 0.749. The van der Waals surface area contributed by atoms with Crippen molar-refractivity contribution in [3.05, 3.63) is 29.8 Å². The molecular formula is C17H20N4O2. The number of ether oxygens (including phenoxy) is 1. The van der Waals surface area contributed by atoms with E-state index in [1.165, 1.54) is 7.11 Å². The maximum atomic E-state index is 12.2. The van der Waals surface area contributed by atoms with E-state index in [9.17, 15) is 4.79 Å². The molecule has 3 rings (SSSR count). The maximum Gasteiger partial charge on any atom is 0.343 e. The van der Waals surface area contributed by atoms with Gasteiger partial charge in [-0.25, -0.2) is 14.8 Å². The molecule has 6 nitrogen and oxygen atoms in total. The molecule has 0 aliphatic rings. The molecule has 6 heteroatoms. The van der Waals surface area contributed by atoms with Gasteiger partial charge in [-0.15, -0.1) is 0 Å². The number of methoxy groups -OCH3 is 1. The summed E-state index contributed by atoms with van der Waals surface area (Å²) < 4.78 is 6.74. The predicted octanol–water partition coefficient (Wildman–Crippen LogP) is 3.00. The third-order valence-corrected chi connectivity index (χ3v) is 3.91. The van der Waals surface area contributed by atoms with Crippen molar-refractivity contribution >= 4 is 34.0 Å². The number of para-hydroxylation sites is 2. The minimum absolute atomic E-state index is 0.296. The first-order valence-corrected chi connectivity index (χ1v) is 7.65. The number of carbonyl (C=O) groups excluding carboxylic acids is 1. The molecular weight excluding hydrogens is 292 g/mol. The predicted molar refractivity (Wildman–Crippen MR) is 90.2 cm³/mol. The number of nitrogens with two attached hydrogens (primary N) is 1. The lowest BCUT2D eigenvalue weighted by atomic mass is 10.1. The van der Waals surface area contributed by atoms with Gasteiger partial charge in [-0.1, -0.05) is 26.0 Å². The molecule has 0 unspecified atom stereocenters. The summed E-state index contributed by atoms with van der Waals surface area (Å²) in [5.74, 6) is 0.394. The summed E-state index contributed by atoms with van der Waals surface area (Å²) in [5, 5.41) is 0. The molecule has 0 amide bonds. The largest absolute Gasteiger partial charge is 0.465 e. The minimum atomic E-state index is -0.486. The molecule has 120 valence electrons. The van der Waals surface area contributed by atoms with Crippen LogP contribution in [-0.4, -0.2) is 27.6 Å². The third kappa shape index (κ3) is 2.60. The van der Waals surface area contributed by atoms with Crippen LogP contribution in [0.25, 0.3) is 22.2 Å². The molecule has 1 aromatic carbocycles. The van der Waals surface area contributed by atoms with Gasteiger partial charge in [-0.2, -0.15) is 0 Å². The van der Waals surface area contributed by atoms with Gasteiger partial charge in [-0.05, 0) is 24.5 Å². The number of hydrogen-bond donors (Lipinski definition) is 1. The van der Waals surface area contributed by atoms with Crippen LogP contribution < -0.4 is 5.73 Å². The maximum absolute atomic E-state index is 12.2. The zero-order valence-electron chi connectivity index (χ0n) is 13.5. The Morgan fingerprint density at radius 1 is 1.26 bits per heavy atom. The fraction of sp³-hybridized carbons (Fsp3) is 0.353. The lowest BCUT2D eigenvalue weighted by Crippen LogP contribution is -2.09. The van der Waals surface area contributed by atoms with Gasteiger partial charge in [0.2, 0.25) is 0 Å². The second-order valence-electron chi connectivity index (χ2n) is 5.97. The van der Waals surface area contributed by atoms with Gasteiger partial charge in [0, 0.05) is 6.54 Å². The van der Waals surface area contributed by atoms with Gasteiger partial charge < -0.3 is 15.0 Å². The Kier molecular flexibility index (Phi) is 3.90. The zero-order chi connectivity index (χ0) is 16.6. The Balaban J connectivity index is 2.30. The summed E-state index contributed by atoms with van der Waals surface area (Å²) in [6.45, 7) is 4.97. The number of aromatic nitrogens is 3. The van der Waals surface area contributed by atoms with Crippen molar-refractivity contribution in [1.29, 1.82) is 0 Å². The number of carbonyl (C=O) groups is 1. The molecule has 0 aliphatic heterocycles. The Bertz CT molecular complexity index is 883. The number of nitrogen functional groups attached to an aromatic ring is 1. The van der Waals surface area contributed by atoms with E-state index >= 15 is 0 Å². The summed E-state index contributed by atoms with van der Waals surface area (Å²) in [7, 11) is 1.34. The number of fused-ring (bicyclic) bond motifs is 2. The highest BCUT2D eigenvalue weighted by molar-refractivity contribution is 6.08. The second-order valence-corrected chi connectivity index (χ2v) is 5.97. The number of benzene rings is 1. The van der Waals surface area contributed by atoms with Gasteiger partial charge in [0.15, 0.2) is 5.65 Å². The lowest BCUT2D eigenvalue weighted by molar-refractivity contribution is 0.0604. The molecule has 23 heavy (non-hydrogen) atoms. The summed E-state index contributed by atoms with van der Waals surface area (Å²) in [6, 6.07) is 7.56. The first kappa shape index (κ1) is 15.3. The topological polar surface area (TPSA) is 83.0 Å². The fourth-order valence-electron chi connectivity index (χ4n) is 2.63. The van der Waals surface area contributed by atoms with Crippen LogP contribution in [0, 0.1) is 5.92 Å². The SMILES string of the molecule is COC(=O)c1c(N)n(CCC(C)C)c2nc3ccccc3nc12. The third-order valence-electron chi connectivity index (χ3n) is 3.91.